The number of benzene rings is 1. The van der Waals surface area contributed by atoms with E-state index < -0.39 is 5.60 Å². The molecule has 0 saturated carbocycles. The van der Waals surface area contributed by atoms with Gasteiger partial charge in [0.25, 0.3) is 0 Å². The fourth-order valence-electron chi connectivity index (χ4n) is 2.17. The molecule has 0 saturated heterocycles. The van der Waals surface area contributed by atoms with Crippen molar-refractivity contribution in [1.82, 2.24) is 10.6 Å². The maximum atomic E-state index is 13.6. The molecule has 0 aliphatic heterocycles. The van der Waals surface area contributed by atoms with Crippen LogP contribution < -0.4 is 10.6 Å². The second kappa shape index (κ2) is 7.97. The summed E-state index contributed by atoms with van der Waals surface area (Å²) in [5, 5.41) is 16.6. The first-order valence-corrected chi connectivity index (χ1v) is 7.96. The molecule has 5 nitrogen and oxygen atoms in total. The van der Waals surface area contributed by atoms with E-state index in [0.717, 1.165) is 5.56 Å². The highest BCUT2D eigenvalue weighted by Crippen LogP contribution is 2.19. The predicted molar refractivity (Wildman–Crippen MR) is 92.2 cm³/mol. The van der Waals surface area contributed by atoms with Gasteiger partial charge in [-0.1, -0.05) is 12.1 Å². The van der Waals surface area contributed by atoms with Crippen LogP contribution in [0.5, 0.6) is 0 Å². The standard InChI is InChI=1S/C18H24FN3O2/c1-4-20-17(21-11-14-8-7-13(2)15(19)10-14)22-12-18(3,23)16-6-5-9-24-16/h5-10,23H,4,11-12H2,1-3H3,(H2,20,21,22). The molecule has 6 heteroatoms. The molecule has 0 spiro atoms. The number of furan rings is 1. The van der Waals surface area contributed by atoms with E-state index in [1.54, 1.807) is 32.0 Å². The van der Waals surface area contributed by atoms with Crippen LogP contribution in [0.1, 0.15) is 30.7 Å². The Hall–Kier alpha value is -2.34. The third kappa shape index (κ3) is 4.83. The summed E-state index contributed by atoms with van der Waals surface area (Å²) in [6.45, 7) is 6.59. The summed E-state index contributed by atoms with van der Waals surface area (Å²) in [5.41, 5.74) is 0.241. The quantitative estimate of drug-likeness (QED) is 0.561. The molecule has 0 aliphatic carbocycles. The average Bonchev–Trinajstić information content (AvgIpc) is 3.09. The van der Waals surface area contributed by atoms with Crippen molar-refractivity contribution >= 4 is 5.96 Å². The highest BCUT2D eigenvalue weighted by molar-refractivity contribution is 5.79. The summed E-state index contributed by atoms with van der Waals surface area (Å²) in [5.74, 6) is 0.790. The van der Waals surface area contributed by atoms with E-state index in [2.05, 4.69) is 15.6 Å². The van der Waals surface area contributed by atoms with Crippen LogP contribution in [-0.4, -0.2) is 24.2 Å². The van der Waals surface area contributed by atoms with Crippen molar-refractivity contribution in [2.45, 2.75) is 32.9 Å². The second-order valence-corrected chi connectivity index (χ2v) is 5.88. The Kier molecular flexibility index (Phi) is 5.98. The van der Waals surface area contributed by atoms with Gasteiger partial charge in [0, 0.05) is 6.54 Å². The Morgan fingerprint density at radius 1 is 1.33 bits per heavy atom. The lowest BCUT2D eigenvalue weighted by Gasteiger charge is -2.22. The molecule has 2 rings (SSSR count). The molecule has 3 N–H and O–H groups in total. The third-order valence-electron chi connectivity index (χ3n) is 3.65. The Balaban J connectivity index is 2.01. The van der Waals surface area contributed by atoms with E-state index in [-0.39, 0.29) is 12.4 Å². The molecular weight excluding hydrogens is 309 g/mol. The summed E-state index contributed by atoms with van der Waals surface area (Å²) < 4.78 is 18.8. The largest absolute Gasteiger partial charge is 0.466 e. The molecule has 1 atom stereocenters. The molecule has 1 aromatic carbocycles. The van der Waals surface area contributed by atoms with Gasteiger partial charge < -0.3 is 20.2 Å². The molecule has 0 amide bonds. The summed E-state index contributed by atoms with van der Waals surface area (Å²) in [6, 6.07) is 8.53. The van der Waals surface area contributed by atoms with Gasteiger partial charge >= 0.3 is 0 Å². The number of guanidine groups is 1. The second-order valence-electron chi connectivity index (χ2n) is 5.88. The molecule has 2 aromatic rings. The number of aliphatic hydroxyl groups is 1. The highest BCUT2D eigenvalue weighted by Gasteiger charge is 2.26. The fourth-order valence-corrected chi connectivity index (χ4v) is 2.17. The fraction of sp³-hybridized carbons (Fsp3) is 0.389. The molecule has 0 bridgehead atoms. The van der Waals surface area contributed by atoms with Crippen molar-refractivity contribution < 1.29 is 13.9 Å². The topological polar surface area (TPSA) is 69.8 Å². The monoisotopic (exact) mass is 333 g/mol. The molecule has 0 radical (unpaired) electrons. The smallest absolute Gasteiger partial charge is 0.191 e. The maximum Gasteiger partial charge on any atom is 0.191 e. The van der Waals surface area contributed by atoms with Crippen molar-refractivity contribution in [3.05, 3.63) is 59.3 Å². The van der Waals surface area contributed by atoms with Crippen LogP contribution in [0.25, 0.3) is 0 Å². The Morgan fingerprint density at radius 2 is 2.12 bits per heavy atom. The molecular formula is C18H24FN3O2. The van der Waals surface area contributed by atoms with Crippen molar-refractivity contribution in [2.24, 2.45) is 4.99 Å². The molecule has 130 valence electrons. The number of nitrogens with one attached hydrogen (secondary N) is 2. The molecule has 1 unspecified atom stereocenters. The van der Waals surface area contributed by atoms with E-state index in [4.69, 9.17) is 4.42 Å². The van der Waals surface area contributed by atoms with Crippen LogP contribution in [-0.2, 0) is 12.1 Å². The number of rotatable bonds is 6. The van der Waals surface area contributed by atoms with Crippen LogP contribution in [0.15, 0.2) is 46.0 Å². The average molecular weight is 333 g/mol. The zero-order chi connectivity index (χ0) is 17.6. The first-order chi connectivity index (χ1) is 11.4. The zero-order valence-corrected chi connectivity index (χ0v) is 14.3. The number of aryl methyl sites for hydroxylation is 1. The number of hydrogen-bond acceptors (Lipinski definition) is 3. The molecule has 0 aliphatic rings. The number of nitrogens with zero attached hydrogens (tertiary/aromatic N) is 1. The first-order valence-electron chi connectivity index (χ1n) is 7.96. The van der Waals surface area contributed by atoms with Crippen LogP contribution in [0.2, 0.25) is 0 Å². The van der Waals surface area contributed by atoms with Crippen molar-refractivity contribution in [1.29, 1.82) is 0 Å². The molecule has 1 aromatic heterocycles. The number of halogens is 1. The van der Waals surface area contributed by atoms with Gasteiger partial charge in [0.2, 0.25) is 0 Å². The van der Waals surface area contributed by atoms with Crippen molar-refractivity contribution in [2.75, 3.05) is 13.1 Å². The van der Waals surface area contributed by atoms with E-state index in [0.29, 0.717) is 30.4 Å². The Bertz CT molecular complexity index is 682. The summed E-state index contributed by atoms with van der Waals surface area (Å²) >= 11 is 0. The Labute approximate surface area is 141 Å². The van der Waals surface area contributed by atoms with E-state index in [9.17, 15) is 9.50 Å². The van der Waals surface area contributed by atoms with Crippen LogP contribution in [0, 0.1) is 12.7 Å². The van der Waals surface area contributed by atoms with Crippen LogP contribution >= 0.6 is 0 Å². The molecule has 0 fully saturated rings. The van der Waals surface area contributed by atoms with Gasteiger partial charge in [0.1, 0.15) is 17.2 Å². The molecule has 24 heavy (non-hydrogen) atoms. The van der Waals surface area contributed by atoms with Crippen LogP contribution in [0.4, 0.5) is 4.39 Å². The van der Waals surface area contributed by atoms with Gasteiger partial charge in [-0.3, -0.25) is 0 Å². The lowest BCUT2D eigenvalue weighted by Crippen LogP contribution is -2.44. The summed E-state index contributed by atoms with van der Waals surface area (Å²) in [7, 11) is 0. The minimum absolute atomic E-state index is 0.231. The normalized spacial score (nSPS) is 14.3. The first kappa shape index (κ1) is 18.0. The van der Waals surface area contributed by atoms with Gasteiger partial charge in [0.15, 0.2) is 5.96 Å². The number of hydrogen-bond donors (Lipinski definition) is 3. The van der Waals surface area contributed by atoms with Gasteiger partial charge in [-0.25, -0.2) is 9.38 Å². The highest BCUT2D eigenvalue weighted by atomic mass is 19.1. The minimum atomic E-state index is -1.16. The van der Waals surface area contributed by atoms with Crippen LogP contribution in [0.3, 0.4) is 0 Å². The van der Waals surface area contributed by atoms with Crippen molar-refractivity contribution in [3.8, 4) is 0 Å². The third-order valence-corrected chi connectivity index (χ3v) is 3.65. The Morgan fingerprint density at radius 3 is 2.75 bits per heavy atom. The lowest BCUT2D eigenvalue weighted by molar-refractivity contribution is 0.0386. The minimum Gasteiger partial charge on any atom is -0.466 e. The molecule has 1 heterocycles. The van der Waals surface area contributed by atoms with Crippen molar-refractivity contribution in [3.63, 3.8) is 0 Å². The van der Waals surface area contributed by atoms with E-state index in [1.807, 2.05) is 13.0 Å². The maximum absolute atomic E-state index is 13.6. The van der Waals surface area contributed by atoms with Gasteiger partial charge in [-0.15, -0.1) is 0 Å². The predicted octanol–water partition coefficient (Wildman–Crippen LogP) is 2.69. The summed E-state index contributed by atoms with van der Waals surface area (Å²) in [4.78, 5) is 4.42. The summed E-state index contributed by atoms with van der Waals surface area (Å²) in [6.07, 6.45) is 1.52. The SMILES string of the molecule is CCNC(=NCc1ccc(C)c(F)c1)NCC(C)(O)c1ccco1. The van der Waals surface area contributed by atoms with Gasteiger partial charge in [-0.2, -0.15) is 0 Å². The van der Waals surface area contributed by atoms with Gasteiger partial charge in [-0.05, 0) is 50.1 Å². The van der Waals surface area contributed by atoms with Gasteiger partial charge in [0.05, 0.1) is 19.4 Å². The number of aliphatic imine (C=N–C) groups is 1. The van der Waals surface area contributed by atoms with E-state index in [1.165, 1.54) is 12.3 Å². The lowest BCUT2D eigenvalue weighted by atomic mass is 10.0. The zero-order valence-electron chi connectivity index (χ0n) is 14.3. The van der Waals surface area contributed by atoms with E-state index >= 15 is 0 Å².